The number of hydrogen-bond acceptors (Lipinski definition) is 2. The fourth-order valence-corrected chi connectivity index (χ4v) is 0.881. The maximum Gasteiger partial charge on any atom is 0.396 e. The summed E-state index contributed by atoms with van der Waals surface area (Å²) < 4.78 is 45.8. The average Bonchev–Trinajstić information content (AvgIpc) is 1.83. The van der Waals surface area contributed by atoms with Gasteiger partial charge in [0.1, 0.15) is 5.92 Å². The molecular formula is C7H11F3O2. The minimum atomic E-state index is -4.21. The SMILES string of the molecule is CC1(C)OCC(C(F)(F)F)CO1. The van der Waals surface area contributed by atoms with Crippen LogP contribution in [0.15, 0.2) is 0 Å². The summed E-state index contributed by atoms with van der Waals surface area (Å²) in [6.07, 6.45) is -4.21. The van der Waals surface area contributed by atoms with Crippen molar-refractivity contribution in [3.63, 3.8) is 0 Å². The van der Waals surface area contributed by atoms with E-state index in [-0.39, 0.29) is 13.2 Å². The van der Waals surface area contributed by atoms with Gasteiger partial charge in [0.25, 0.3) is 0 Å². The minimum Gasteiger partial charge on any atom is -0.350 e. The Bertz CT molecular complexity index is 155. The number of ether oxygens (including phenoxy) is 2. The average molecular weight is 184 g/mol. The normalized spacial score (nSPS) is 25.8. The van der Waals surface area contributed by atoms with Crippen molar-refractivity contribution in [2.24, 2.45) is 5.92 Å². The van der Waals surface area contributed by atoms with E-state index < -0.39 is 17.9 Å². The Morgan fingerprint density at radius 2 is 1.58 bits per heavy atom. The molecule has 0 N–H and O–H groups in total. The van der Waals surface area contributed by atoms with Gasteiger partial charge in [-0.25, -0.2) is 0 Å². The van der Waals surface area contributed by atoms with Gasteiger partial charge in [0.15, 0.2) is 5.79 Å². The van der Waals surface area contributed by atoms with Gasteiger partial charge in [-0.15, -0.1) is 0 Å². The largest absolute Gasteiger partial charge is 0.396 e. The van der Waals surface area contributed by atoms with Crippen molar-refractivity contribution in [1.29, 1.82) is 0 Å². The zero-order valence-corrected chi connectivity index (χ0v) is 6.94. The second-order valence-electron chi connectivity index (χ2n) is 3.26. The molecule has 0 bridgehead atoms. The maximum absolute atomic E-state index is 12.0. The molecule has 0 amide bonds. The summed E-state index contributed by atoms with van der Waals surface area (Å²) in [5.74, 6) is -2.35. The molecule has 5 heteroatoms. The Balaban J connectivity index is 2.47. The van der Waals surface area contributed by atoms with Gasteiger partial charge < -0.3 is 9.47 Å². The van der Waals surface area contributed by atoms with Crippen LogP contribution < -0.4 is 0 Å². The number of halogens is 3. The Kier molecular flexibility index (Phi) is 2.35. The molecule has 0 aliphatic carbocycles. The maximum atomic E-state index is 12.0. The van der Waals surface area contributed by atoms with Crippen molar-refractivity contribution in [2.45, 2.75) is 25.8 Å². The lowest BCUT2D eigenvalue weighted by molar-refractivity contribution is -0.308. The highest BCUT2D eigenvalue weighted by molar-refractivity contribution is 4.73. The zero-order chi connectivity index (χ0) is 9.41. The fraction of sp³-hybridized carbons (Fsp3) is 1.00. The molecule has 0 atom stereocenters. The molecular weight excluding hydrogens is 173 g/mol. The van der Waals surface area contributed by atoms with Crippen LogP contribution in [0.3, 0.4) is 0 Å². The molecule has 0 spiro atoms. The third-order valence-corrected chi connectivity index (χ3v) is 1.73. The number of alkyl halides is 3. The van der Waals surface area contributed by atoms with Gasteiger partial charge in [-0.3, -0.25) is 0 Å². The van der Waals surface area contributed by atoms with Crippen LogP contribution >= 0.6 is 0 Å². The molecule has 0 aromatic rings. The molecule has 0 saturated carbocycles. The van der Waals surface area contributed by atoms with Gasteiger partial charge in [0.05, 0.1) is 13.2 Å². The van der Waals surface area contributed by atoms with Crippen LogP contribution in [-0.4, -0.2) is 25.2 Å². The molecule has 1 rings (SSSR count). The van der Waals surface area contributed by atoms with E-state index in [9.17, 15) is 13.2 Å². The van der Waals surface area contributed by atoms with Crippen LogP contribution in [-0.2, 0) is 9.47 Å². The second-order valence-corrected chi connectivity index (χ2v) is 3.26. The molecule has 2 nitrogen and oxygen atoms in total. The smallest absolute Gasteiger partial charge is 0.350 e. The molecule has 0 aromatic heterocycles. The first-order chi connectivity index (χ1) is 5.31. The molecule has 1 fully saturated rings. The summed E-state index contributed by atoms with van der Waals surface area (Å²) in [6, 6.07) is 0. The molecule has 0 unspecified atom stereocenters. The second kappa shape index (κ2) is 2.88. The summed E-state index contributed by atoms with van der Waals surface area (Å²) in [5, 5.41) is 0. The zero-order valence-electron chi connectivity index (χ0n) is 6.94. The van der Waals surface area contributed by atoms with Gasteiger partial charge in [-0.2, -0.15) is 13.2 Å². The van der Waals surface area contributed by atoms with Gasteiger partial charge in [-0.05, 0) is 13.8 Å². The van der Waals surface area contributed by atoms with Gasteiger partial charge in [-0.1, -0.05) is 0 Å². The van der Waals surface area contributed by atoms with E-state index in [1.807, 2.05) is 0 Å². The van der Waals surface area contributed by atoms with Crippen molar-refractivity contribution in [3.05, 3.63) is 0 Å². The lowest BCUT2D eigenvalue weighted by Gasteiger charge is -2.35. The Morgan fingerprint density at radius 3 is 1.92 bits per heavy atom. The topological polar surface area (TPSA) is 18.5 Å². The quantitative estimate of drug-likeness (QED) is 0.572. The monoisotopic (exact) mass is 184 g/mol. The Labute approximate surface area is 68.6 Å². The predicted molar refractivity (Wildman–Crippen MR) is 35.5 cm³/mol. The molecule has 1 saturated heterocycles. The van der Waals surface area contributed by atoms with Crippen molar-refractivity contribution in [3.8, 4) is 0 Å². The Hall–Kier alpha value is -0.290. The van der Waals surface area contributed by atoms with E-state index in [4.69, 9.17) is 9.47 Å². The third-order valence-electron chi connectivity index (χ3n) is 1.73. The van der Waals surface area contributed by atoms with E-state index in [0.29, 0.717) is 0 Å². The number of hydrogen-bond donors (Lipinski definition) is 0. The molecule has 1 aliphatic rings. The number of rotatable bonds is 0. The molecule has 1 heterocycles. The highest BCUT2D eigenvalue weighted by Gasteiger charge is 2.44. The molecule has 0 aromatic carbocycles. The first-order valence-electron chi connectivity index (χ1n) is 3.66. The highest BCUT2D eigenvalue weighted by Crippen LogP contribution is 2.32. The van der Waals surface area contributed by atoms with Crippen LogP contribution in [0.5, 0.6) is 0 Å². The van der Waals surface area contributed by atoms with Crippen molar-refractivity contribution < 1.29 is 22.6 Å². The van der Waals surface area contributed by atoms with Crippen LogP contribution in [0.4, 0.5) is 13.2 Å². The standard InChI is InChI=1S/C7H11F3O2/c1-6(2)11-3-5(4-12-6)7(8,9)10/h5H,3-4H2,1-2H3. The highest BCUT2D eigenvalue weighted by atomic mass is 19.4. The predicted octanol–water partition coefficient (Wildman–Crippen LogP) is 1.95. The summed E-state index contributed by atoms with van der Waals surface area (Å²) >= 11 is 0. The van der Waals surface area contributed by atoms with Crippen LogP contribution in [0.25, 0.3) is 0 Å². The molecule has 1 aliphatic heterocycles. The van der Waals surface area contributed by atoms with Gasteiger partial charge in [0, 0.05) is 0 Å². The lowest BCUT2D eigenvalue weighted by Crippen LogP contribution is -2.44. The fourth-order valence-electron chi connectivity index (χ4n) is 0.881. The van der Waals surface area contributed by atoms with Crippen molar-refractivity contribution in [1.82, 2.24) is 0 Å². The minimum absolute atomic E-state index is 0.309. The Morgan fingerprint density at radius 1 is 1.17 bits per heavy atom. The van der Waals surface area contributed by atoms with Crippen LogP contribution in [0.2, 0.25) is 0 Å². The summed E-state index contributed by atoms with van der Waals surface area (Å²) in [6.45, 7) is 2.58. The van der Waals surface area contributed by atoms with E-state index in [0.717, 1.165) is 0 Å². The van der Waals surface area contributed by atoms with Crippen molar-refractivity contribution in [2.75, 3.05) is 13.2 Å². The first kappa shape index (κ1) is 9.80. The summed E-state index contributed by atoms with van der Waals surface area (Å²) in [5.41, 5.74) is 0. The van der Waals surface area contributed by atoms with Crippen LogP contribution in [0.1, 0.15) is 13.8 Å². The lowest BCUT2D eigenvalue weighted by atomic mass is 10.1. The summed E-state index contributed by atoms with van der Waals surface area (Å²) in [7, 11) is 0. The van der Waals surface area contributed by atoms with Crippen LogP contribution in [0, 0.1) is 5.92 Å². The molecule has 0 radical (unpaired) electrons. The molecule has 12 heavy (non-hydrogen) atoms. The van der Waals surface area contributed by atoms with E-state index in [2.05, 4.69) is 0 Å². The van der Waals surface area contributed by atoms with Crippen molar-refractivity contribution >= 4 is 0 Å². The summed E-state index contributed by atoms with van der Waals surface area (Å²) in [4.78, 5) is 0. The first-order valence-corrected chi connectivity index (χ1v) is 3.66. The van der Waals surface area contributed by atoms with Gasteiger partial charge in [0.2, 0.25) is 0 Å². The van der Waals surface area contributed by atoms with Gasteiger partial charge >= 0.3 is 6.18 Å². The third kappa shape index (κ3) is 2.35. The van der Waals surface area contributed by atoms with E-state index >= 15 is 0 Å². The molecule has 72 valence electrons. The van der Waals surface area contributed by atoms with E-state index in [1.165, 1.54) is 0 Å². The van der Waals surface area contributed by atoms with E-state index in [1.54, 1.807) is 13.8 Å².